The summed E-state index contributed by atoms with van der Waals surface area (Å²) in [5, 5.41) is 0.784. The first-order valence-electron chi connectivity index (χ1n) is 5.86. The van der Waals surface area contributed by atoms with Gasteiger partial charge in [-0.05, 0) is 19.1 Å². The van der Waals surface area contributed by atoms with Crippen molar-refractivity contribution in [3.05, 3.63) is 30.0 Å². The molecule has 0 aliphatic rings. The molecule has 0 atom stereocenters. The van der Waals surface area contributed by atoms with Crippen molar-refractivity contribution in [2.75, 3.05) is 0 Å². The molecule has 18 heavy (non-hydrogen) atoms. The van der Waals surface area contributed by atoms with Crippen molar-refractivity contribution in [2.45, 2.75) is 27.2 Å². The first-order valence-corrected chi connectivity index (χ1v) is 5.86. The highest BCUT2D eigenvalue weighted by Crippen LogP contribution is 2.29. The Morgan fingerprint density at radius 3 is 2.67 bits per heavy atom. The number of ether oxygens (including phenoxy) is 1. The number of nitrogens with zero attached hydrogens (tertiary/aromatic N) is 1. The fraction of sp³-hybridized carbons (Fsp3) is 0.286. The molecule has 0 fully saturated rings. The number of benzene rings is 1. The van der Waals surface area contributed by atoms with Crippen molar-refractivity contribution in [1.82, 2.24) is 4.57 Å². The average Bonchev–Trinajstić information content (AvgIpc) is 2.67. The van der Waals surface area contributed by atoms with E-state index < -0.39 is 0 Å². The van der Waals surface area contributed by atoms with Crippen molar-refractivity contribution >= 4 is 22.8 Å². The smallest absolute Gasteiger partial charge is 0.310 e. The van der Waals surface area contributed by atoms with Gasteiger partial charge in [0, 0.05) is 18.7 Å². The number of aromatic nitrogens is 1. The van der Waals surface area contributed by atoms with Gasteiger partial charge in [0.05, 0.1) is 11.7 Å². The number of rotatable bonds is 2. The van der Waals surface area contributed by atoms with Crippen LogP contribution in [0, 0.1) is 6.92 Å². The molecule has 0 unspecified atom stereocenters. The molecule has 0 bridgehead atoms. The van der Waals surface area contributed by atoms with Crippen LogP contribution >= 0.6 is 0 Å². The number of aryl methyl sites for hydroxylation is 1. The Balaban J connectivity index is 2.61. The maximum absolute atomic E-state index is 11.5. The van der Waals surface area contributed by atoms with E-state index in [0.29, 0.717) is 12.2 Å². The summed E-state index contributed by atoms with van der Waals surface area (Å²) < 4.78 is 6.74. The van der Waals surface area contributed by atoms with Crippen LogP contribution in [0.3, 0.4) is 0 Å². The predicted octanol–water partition coefficient (Wildman–Crippen LogP) is 2.93. The fourth-order valence-electron chi connectivity index (χ4n) is 1.85. The van der Waals surface area contributed by atoms with Crippen LogP contribution in [0.15, 0.2) is 24.4 Å². The van der Waals surface area contributed by atoms with Crippen LogP contribution in [-0.2, 0) is 4.79 Å². The number of esters is 1. The normalized spacial score (nSPS) is 10.6. The van der Waals surface area contributed by atoms with E-state index in [2.05, 4.69) is 0 Å². The third-order valence-corrected chi connectivity index (χ3v) is 2.78. The van der Waals surface area contributed by atoms with Gasteiger partial charge in [-0.3, -0.25) is 14.2 Å². The summed E-state index contributed by atoms with van der Waals surface area (Å²) in [6.07, 6.45) is 1.87. The molecule has 0 aliphatic heterocycles. The van der Waals surface area contributed by atoms with Crippen molar-refractivity contribution in [3.63, 3.8) is 0 Å². The van der Waals surface area contributed by atoms with E-state index >= 15 is 0 Å². The Morgan fingerprint density at radius 2 is 2.06 bits per heavy atom. The van der Waals surface area contributed by atoms with Crippen LogP contribution in [0.25, 0.3) is 10.9 Å². The Labute approximate surface area is 105 Å². The number of carbonyl (C=O) groups excluding carboxylic acids is 2. The molecule has 0 radical (unpaired) electrons. The Hall–Kier alpha value is -2.10. The van der Waals surface area contributed by atoms with Gasteiger partial charge < -0.3 is 4.74 Å². The lowest BCUT2D eigenvalue weighted by atomic mass is 10.2. The topological polar surface area (TPSA) is 48.3 Å². The molecule has 0 saturated carbocycles. The van der Waals surface area contributed by atoms with Gasteiger partial charge in [-0.15, -0.1) is 0 Å². The summed E-state index contributed by atoms with van der Waals surface area (Å²) in [6.45, 7) is 5.17. The summed E-state index contributed by atoms with van der Waals surface area (Å²) in [5.41, 5.74) is 1.81. The second-order valence-electron chi connectivity index (χ2n) is 4.23. The van der Waals surface area contributed by atoms with E-state index in [0.717, 1.165) is 16.5 Å². The van der Waals surface area contributed by atoms with Crippen molar-refractivity contribution in [1.29, 1.82) is 0 Å². The first kappa shape index (κ1) is 12.4. The van der Waals surface area contributed by atoms with Gasteiger partial charge in [0.2, 0.25) is 5.91 Å². The van der Waals surface area contributed by atoms with E-state index in [1.54, 1.807) is 13.1 Å². The van der Waals surface area contributed by atoms with Crippen molar-refractivity contribution in [2.24, 2.45) is 0 Å². The second-order valence-corrected chi connectivity index (χ2v) is 4.23. The fourth-order valence-corrected chi connectivity index (χ4v) is 1.85. The molecule has 4 heteroatoms. The van der Waals surface area contributed by atoms with E-state index in [1.807, 2.05) is 25.1 Å². The van der Waals surface area contributed by atoms with Crippen LogP contribution in [0.2, 0.25) is 0 Å². The highest BCUT2D eigenvalue weighted by atomic mass is 16.5. The van der Waals surface area contributed by atoms with Gasteiger partial charge in [0.1, 0.15) is 0 Å². The molecule has 0 aliphatic carbocycles. The standard InChI is InChI=1S/C14H15NO3/c1-4-14(17)18-13-8-15(10(3)16)12-6-5-9(2)7-11(12)13/h5-8H,4H2,1-3H3. The number of hydrogen-bond acceptors (Lipinski definition) is 3. The monoisotopic (exact) mass is 245 g/mol. The summed E-state index contributed by atoms with van der Waals surface area (Å²) in [5.74, 6) is 0.0255. The first-order chi connectivity index (χ1) is 8.52. The van der Waals surface area contributed by atoms with Gasteiger partial charge in [-0.1, -0.05) is 18.6 Å². The highest BCUT2D eigenvalue weighted by Gasteiger charge is 2.14. The molecule has 2 aromatic rings. The van der Waals surface area contributed by atoms with Crippen LogP contribution in [-0.4, -0.2) is 16.4 Å². The minimum atomic E-state index is -0.306. The third kappa shape index (κ3) is 2.14. The number of fused-ring (bicyclic) bond motifs is 1. The quantitative estimate of drug-likeness (QED) is 0.764. The molecular weight excluding hydrogens is 230 g/mol. The average molecular weight is 245 g/mol. The van der Waals surface area contributed by atoms with E-state index in [-0.39, 0.29) is 11.9 Å². The molecule has 0 amide bonds. The molecule has 2 rings (SSSR count). The van der Waals surface area contributed by atoms with E-state index in [4.69, 9.17) is 4.74 Å². The lowest BCUT2D eigenvalue weighted by Crippen LogP contribution is -2.06. The highest BCUT2D eigenvalue weighted by molar-refractivity contribution is 5.96. The van der Waals surface area contributed by atoms with Crippen molar-refractivity contribution in [3.8, 4) is 5.75 Å². The molecular formula is C14H15NO3. The van der Waals surface area contributed by atoms with E-state index in [9.17, 15) is 9.59 Å². The summed E-state index contributed by atoms with van der Waals surface area (Å²) in [4.78, 5) is 22.9. The number of carbonyl (C=O) groups is 2. The largest absolute Gasteiger partial charge is 0.424 e. The molecule has 4 nitrogen and oxygen atoms in total. The third-order valence-electron chi connectivity index (χ3n) is 2.78. The molecule has 94 valence electrons. The molecule has 1 aromatic heterocycles. The second kappa shape index (κ2) is 4.64. The SMILES string of the molecule is CCC(=O)Oc1cn(C(C)=O)c2ccc(C)cc12. The predicted molar refractivity (Wildman–Crippen MR) is 68.9 cm³/mol. The van der Waals surface area contributed by atoms with Gasteiger partial charge >= 0.3 is 5.97 Å². The molecule has 0 saturated heterocycles. The lowest BCUT2D eigenvalue weighted by molar-refractivity contribution is -0.133. The van der Waals surface area contributed by atoms with Crippen LogP contribution in [0.4, 0.5) is 0 Å². The van der Waals surface area contributed by atoms with Gasteiger partial charge in [0.15, 0.2) is 5.75 Å². The zero-order valence-corrected chi connectivity index (χ0v) is 10.7. The zero-order valence-electron chi connectivity index (χ0n) is 10.7. The molecule has 0 spiro atoms. The van der Waals surface area contributed by atoms with Crippen LogP contribution in [0.5, 0.6) is 5.75 Å². The minimum Gasteiger partial charge on any atom is -0.424 e. The molecule has 1 aromatic carbocycles. The van der Waals surface area contributed by atoms with Gasteiger partial charge in [-0.2, -0.15) is 0 Å². The Morgan fingerprint density at radius 1 is 1.33 bits per heavy atom. The maximum Gasteiger partial charge on any atom is 0.310 e. The summed E-state index contributed by atoms with van der Waals surface area (Å²) in [6, 6.07) is 5.69. The summed E-state index contributed by atoms with van der Waals surface area (Å²) in [7, 11) is 0. The van der Waals surface area contributed by atoms with E-state index in [1.165, 1.54) is 11.5 Å². The number of hydrogen-bond donors (Lipinski definition) is 0. The minimum absolute atomic E-state index is 0.109. The lowest BCUT2D eigenvalue weighted by Gasteiger charge is -2.00. The van der Waals surface area contributed by atoms with Gasteiger partial charge in [0.25, 0.3) is 0 Å². The summed E-state index contributed by atoms with van der Waals surface area (Å²) >= 11 is 0. The van der Waals surface area contributed by atoms with Crippen LogP contribution < -0.4 is 4.74 Å². The molecule has 0 N–H and O–H groups in total. The van der Waals surface area contributed by atoms with Crippen molar-refractivity contribution < 1.29 is 14.3 Å². The Kier molecular flexibility index (Phi) is 3.19. The van der Waals surface area contributed by atoms with Crippen LogP contribution in [0.1, 0.15) is 30.6 Å². The molecule has 1 heterocycles. The zero-order chi connectivity index (χ0) is 13.3. The van der Waals surface area contributed by atoms with Gasteiger partial charge in [-0.25, -0.2) is 0 Å². The maximum atomic E-state index is 11.5. The Bertz CT molecular complexity index is 625.